The van der Waals surface area contributed by atoms with Crippen LogP contribution in [0, 0.1) is 6.92 Å². The second-order valence-corrected chi connectivity index (χ2v) is 5.64. The minimum Gasteiger partial charge on any atom is -0.422 e. The number of fused-ring (bicyclic) bond motifs is 1. The van der Waals surface area contributed by atoms with Crippen LogP contribution in [0.15, 0.2) is 63.8 Å². The van der Waals surface area contributed by atoms with Crippen molar-refractivity contribution in [3.05, 3.63) is 81.7 Å². The molecule has 0 aliphatic rings. The summed E-state index contributed by atoms with van der Waals surface area (Å²) in [6.45, 7) is 2.39. The summed E-state index contributed by atoms with van der Waals surface area (Å²) in [5.41, 5.74) is 1.99. The minimum absolute atomic E-state index is 0.0570. The molecule has 3 aromatic rings. The highest BCUT2D eigenvalue weighted by atomic mass is 16.4. The van der Waals surface area contributed by atoms with Crippen molar-refractivity contribution in [1.82, 2.24) is 4.90 Å². The zero-order valence-corrected chi connectivity index (χ0v) is 13.1. The van der Waals surface area contributed by atoms with Crippen LogP contribution in [0.25, 0.3) is 11.0 Å². The van der Waals surface area contributed by atoms with Crippen molar-refractivity contribution in [2.45, 2.75) is 13.5 Å². The van der Waals surface area contributed by atoms with Crippen LogP contribution in [0.5, 0.6) is 0 Å². The molecule has 1 heterocycles. The molecule has 0 fully saturated rings. The predicted molar refractivity (Wildman–Crippen MR) is 89.5 cm³/mol. The van der Waals surface area contributed by atoms with Crippen LogP contribution < -0.4 is 5.63 Å². The van der Waals surface area contributed by atoms with E-state index in [1.807, 2.05) is 49.4 Å². The maximum Gasteiger partial charge on any atom is 0.349 e. The smallest absolute Gasteiger partial charge is 0.349 e. The first-order valence-electron chi connectivity index (χ1n) is 7.38. The Kier molecular flexibility index (Phi) is 3.98. The van der Waals surface area contributed by atoms with E-state index in [0.29, 0.717) is 12.1 Å². The Morgan fingerprint density at radius 3 is 2.57 bits per heavy atom. The van der Waals surface area contributed by atoms with Crippen LogP contribution >= 0.6 is 0 Å². The van der Waals surface area contributed by atoms with Crippen molar-refractivity contribution in [1.29, 1.82) is 0 Å². The topological polar surface area (TPSA) is 50.5 Å². The van der Waals surface area contributed by atoms with Crippen LogP contribution in [0.1, 0.15) is 21.5 Å². The van der Waals surface area contributed by atoms with E-state index in [-0.39, 0.29) is 11.5 Å². The van der Waals surface area contributed by atoms with Gasteiger partial charge in [-0.05, 0) is 30.7 Å². The van der Waals surface area contributed by atoms with Crippen LogP contribution in [-0.2, 0) is 6.54 Å². The van der Waals surface area contributed by atoms with Gasteiger partial charge < -0.3 is 9.32 Å². The molecular formula is C19H17NO3. The minimum atomic E-state index is -0.605. The van der Waals surface area contributed by atoms with E-state index < -0.39 is 5.63 Å². The van der Waals surface area contributed by atoms with Gasteiger partial charge in [0.1, 0.15) is 11.1 Å². The Bertz CT molecular complexity index is 913. The molecule has 1 amide bonds. The van der Waals surface area contributed by atoms with Gasteiger partial charge in [0, 0.05) is 19.0 Å². The summed E-state index contributed by atoms with van der Waals surface area (Å²) in [6, 6.07) is 16.8. The standard InChI is InChI=1S/C19H17NO3/c1-13-8-9-17-15(10-13)11-16(19(22)23-17)18(21)20(2)12-14-6-4-3-5-7-14/h3-11H,12H2,1-2H3. The monoisotopic (exact) mass is 307 g/mol. The molecule has 23 heavy (non-hydrogen) atoms. The van der Waals surface area contributed by atoms with Gasteiger partial charge in [-0.1, -0.05) is 42.0 Å². The number of aryl methyl sites for hydroxylation is 1. The van der Waals surface area contributed by atoms with E-state index in [0.717, 1.165) is 16.5 Å². The van der Waals surface area contributed by atoms with Crippen molar-refractivity contribution in [3.63, 3.8) is 0 Å². The predicted octanol–water partition coefficient (Wildman–Crippen LogP) is 3.37. The second kappa shape index (κ2) is 6.08. The fourth-order valence-corrected chi connectivity index (χ4v) is 2.53. The highest BCUT2D eigenvalue weighted by molar-refractivity contribution is 5.96. The average Bonchev–Trinajstić information content (AvgIpc) is 2.55. The molecule has 4 heteroatoms. The van der Waals surface area contributed by atoms with E-state index in [2.05, 4.69) is 0 Å². The van der Waals surface area contributed by atoms with Gasteiger partial charge >= 0.3 is 5.63 Å². The molecule has 0 unspecified atom stereocenters. The third kappa shape index (κ3) is 3.16. The molecule has 0 atom stereocenters. The first kappa shape index (κ1) is 15.0. The van der Waals surface area contributed by atoms with Crippen LogP contribution in [0.2, 0.25) is 0 Å². The summed E-state index contributed by atoms with van der Waals surface area (Å²) >= 11 is 0. The normalized spacial score (nSPS) is 10.7. The van der Waals surface area contributed by atoms with Gasteiger partial charge in [0.2, 0.25) is 0 Å². The fourth-order valence-electron chi connectivity index (χ4n) is 2.53. The van der Waals surface area contributed by atoms with E-state index in [1.165, 1.54) is 4.90 Å². The molecule has 0 bridgehead atoms. The Labute approximate surface area is 134 Å². The van der Waals surface area contributed by atoms with E-state index in [9.17, 15) is 9.59 Å². The molecule has 0 N–H and O–H groups in total. The lowest BCUT2D eigenvalue weighted by Crippen LogP contribution is -2.30. The van der Waals surface area contributed by atoms with Gasteiger partial charge in [0.25, 0.3) is 5.91 Å². The number of amides is 1. The third-order valence-corrected chi connectivity index (χ3v) is 3.73. The molecule has 0 aliphatic carbocycles. The first-order chi connectivity index (χ1) is 11.0. The molecule has 0 saturated heterocycles. The number of rotatable bonds is 3. The number of carbonyl (C=O) groups is 1. The number of hydrogen-bond acceptors (Lipinski definition) is 3. The van der Waals surface area contributed by atoms with Gasteiger partial charge in [0.15, 0.2) is 0 Å². The summed E-state index contributed by atoms with van der Waals surface area (Å²) in [6.07, 6.45) is 0. The highest BCUT2D eigenvalue weighted by Crippen LogP contribution is 2.16. The third-order valence-electron chi connectivity index (χ3n) is 3.73. The fraction of sp³-hybridized carbons (Fsp3) is 0.158. The molecule has 1 aromatic heterocycles. The van der Waals surface area contributed by atoms with Gasteiger partial charge in [-0.2, -0.15) is 0 Å². The van der Waals surface area contributed by atoms with Crippen molar-refractivity contribution < 1.29 is 9.21 Å². The van der Waals surface area contributed by atoms with Crippen molar-refractivity contribution in [3.8, 4) is 0 Å². The van der Waals surface area contributed by atoms with Crippen molar-refractivity contribution in [2.75, 3.05) is 7.05 Å². The Morgan fingerprint density at radius 2 is 1.83 bits per heavy atom. The van der Waals surface area contributed by atoms with Gasteiger partial charge in [0.05, 0.1) is 0 Å². The summed E-state index contributed by atoms with van der Waals surface area (Å²) < 4.78 is 5.27. The molecular weight excluding hydrogens is 290 g/mol. The molecule has 116 valence electrons. The zero-order valence-electron chi connectivity index (χ0n) is 13.1. The molecule has 0 radical (unpaired) electrons. The SMILES string of the molecule is Cc1ccc2oc(=O)c(C(=O)N(C)Cc3ccccc3)cc2c1. The van der Waals surface area contributed by atoms with Crippen molar-refractivity contribution in [2.24, 2.45) is 0 Å². The van der Waals surface area contributed by atoms with Gasteiger partial charge in [-0.15, -0.1) is 0 Å². The summed E-state index contributed by atoms with van der Waals surface area (Å²) in [7, 11) is 1.68. The number of hydrogen-bond donors (Lipinski definition) is 0. The quantitative estimate of drug-likeness (QED) is 0.697. The molecule has 4 nitrogen and oxygen atoms in total. The maximum atomic E-state index is 12.6. The number of benzene rings is 2. The largest absolute Gasteiger partial charge is 0.422 e. The van der Waals surface area contributed by atoms with E-state index in [1.54, 1.807) is 19.2 Å². The molecule has 0 aliphatic heterocycles. The highest BCUT2D eigenvalue weighted by Gasteiger charge is 2.18. The van der Waals surface area contributed by atoms with E-state index >= 15 is 0 Å². The average molecular weight is 307 g/mol. The summed E-state index contributed by atoms with van der Waals surface area (Å²) in [5, 5.41) is 0.751. The number of nitrogens with zero attached hydrogens (tertiary/aromatic N) is 1. The maximum absolute atomic E-state index is 12.6. The molecule has 2 aromatic carbocycles. The summed E-state index contributed by atoms with van der Waals surface area (Å²) in [4.78, 5) is 26.2. The Hall–Kier alpha value is -2.88. The zero-order chi connectivity index (χ0) is 16.4. The lowest BCUT2D eigenvalue weighted by molar-refractivity contribution is 0.0781. The molecule has 3 rings (SSSR count). The van der Waals surface area contributed by atoms with Crippen LogP contribution in [0.4, 0.5) is 0 Å². The lowest BCUT2D eigenvalue weighted by atomic mass is 10.1. The summed E-state index contributed by atoms with van der Waals surface area (Å²) in [5.74, 6) is -0.342. The number of carbonyl (C=O) groups excluding carboxylic acids is 1. The Balaban J connectivity index is 1.93. The molecule has 0 saturated carbocycles. The second-order valence-electron chi connectivity index (χ2n) is 5.64. The van der Waals surface area contributed by atoms with Gasteiger partial charge in [-0.3, -0.25) is 4.79 Å². The van der Waals surface area contributed by atoms with Crippen LogP contribution in [0.3, 0.4) is 0 Å². The first-order valence-corrected chi connectivity index (χ1v) is 7.38. The Morgan fingerprint density at radius 1 is 1.09 bits per heavy atom. The molecule has 0 spiro atoms. The van der Waals surface area contributed by atoms with Gasteiger partial charge in [-0.25, -0.2) is 4.79 Å². The van der Waals surface area contributed by atoms with E-state index in [4.69, 9.17) is 4.42 Å². The van der Waals surface area contributed by atoms with Crippen LogP contribution in [-0.4, -0.2) is 17.9 Å². The lowest BCUT2D eigenvalue weighted by Gasteiger charge is -2.16. The van der Waals surface area contributed by atoms with Crippen molar-refractivity contribution >= 4 is 16.9 Å².